The first-order chi connectivity index (χ1) is 11.7. The molecule has 126 valence electrons. The summed E-state index contributed by atoms with van der Waals surface area (Å²) in [5, 5.41) is 3.32. The number of benzene rings is 1. The average molecular weight is 323 g/mol. The third-order valence-electron chi connectivity index (χ3n) is 4.51. The fourth-order valence-corrected chi connectivity index (χ4v) is 3.24. The van der Waals surface area contributed by atoms with E-state index in [1.165, 1.54) is 5.56 Å². The molecule has 0 radical (unpaired) electrons. The van der Waals surface area contributed by atoms with Crippen molar-refractivity contribution in [3.05, 3.63) is 59.8 Å². The third kappa shape index (κ3) is 4.34. The van der Waals surface area contributed by atoms with Crippen molar-refractivity contribution in [3.8, 4) is 0 Å². The number of likely N-dealkylation sites (tertiary alicyclic amines) is 1. The number of nitrogens with one attached hydrogen (secondary N) is 1. The van der Waals surface area contributed by atoms with Crippen molar-refractivity contribution < 1.29 is 4.79 Å². The Morgan fingerprint density at radius 3 is 2.71 bits per heavy atom. The predicted octanol–water partition coefficient (Wildman–Crippen LogP) is 3.84. The van der Waals surface area contributed by atoms with Gasteiger partial charge in [-0.2, -0.15) is 0 Å². The maximum atomic E-state index is 12.1. The van der Waals surface area contributed by atoms with Crippen LogP contribution in [-0.2, 0) is 17.9 Å². The van der Waals surface area contributed by atoms with Crippen LogP contribution in [0.1, 0.15) is 37.3 Å². The highest BCUT2D eigenvalue weighted by Gasteiger charge is 2.28. The lowest BCUT2D eigenvalue weighted by Crippen LogP contribution is -2.24. The van der Waals surface area contributed by atoms with Crippen LogP contribution < -0.4 is 5.32 Å². The molecule has 0 spiro atoms. The minimum absolute atomic E-state index is 0.278. The van der Waals surface area contributed by atoms with Crippen LogP contribution in [0.4, 0.5) is 5.82 Å². The number of anilines is 1. The molecule has 4 heteroatoms. The van der Waals surface area contributed by atoms with Crippen molar-refractivity contribution in [3.63, 3.8) is 0 Å². The molecule has 0 bridgehead atoms. The Labute approximate surface area is 143 Å². The molecular weight excluding hydrogens is 298 g/mol. The number of aromatic nitrogens is 1. The summed E-state index contributed by atoms with van der Waals surface area (Å²) in [5.41, 5.74) is 2.32. The molecule has 1 amide bonds. The van der Waals surface area contributed by atoms with E-state index in [0.29, 0.717) is 18.9 Å². The van der Waals surface area contributed by atoms with Crippen LogP contribution in [0.3, 0.4) is 0 Å². The van der Waals surface area contributed by atoms with Crippen LogP contribution in [0.5, 0.6) is 0 Å². The van der Waals surface area contributed by atoms with Crippen molar-refractivity contribution >= 4 is 11.7 Å². The summed E-state index contributed by atoms with van der Waals surface area (Å²) in [6.07, 6.45) is 4.86. The van der Waals surface area contributed by atoms with Gasteiger partial charge in [-0.25, -0.2) is 4.98 Å². The second kappa shape index (κ2) is 7.95. The fraction of sp³-hybridized carbons (Fsp3) is 0.400. The van der Waals surface area contributed by atoms with Crippen LogP contribution in [0.25, 0.3) is 0 Å². The Morgan fingerprint density at radius 1 is 1.17 bits per heavy atom. The molecule has 1 saturated heterocycles. The van der Waals surface area contributed by atoms with Crippen LogP contribution in [-0.4, -0.2) is 22.3 Å². The zero-order valence-corrected chi connectivity index (χ0v) is 14.2. The van der Waals surface area contributed by atoms with Crippen molar-refractivity contribution in [1.82, 2.24) is 9.88 Å². The predicted molar refractivity (Wildman–Crippen MR) is 96.4 cm³/mol. The first kappa shape index (κ1) is 16.5. The molecular formula is C20H25N3O. The summed E-state index contributed by atoms with van der Waals surface area (Å²) in [4.78, 5) is 18.5. The molecule has 1 N–H and O–H groups in total. The SMILES string of the molecule is CCCC1CC(=O)N(Cc2ccc(NCc3ccccc3)nc2)C1. The van der Waals surface area contributed by atoms with E-state index in [1.807, 2.05) is 35.4 Å². The zero-order chi connectivity index (χ0) is 16.8. The maximum absolute atomic E-state index is 12.1. The number of pyridine rings is 1. The molecule has 24 heavy (non-hydrogen) atoms. The minimum atomic E-state index is 0.278. The van der Waals surface area contributed by atoms with Crippen molar-refractivity contribution in [2.45, 2.75) is 39.3 Å². The number of rotatable bonds is 7. The van der Waals surface area contributed by atoms with E-state index in [4.69, 9.17) is 0 Å². The summed E-state index contributed by atoms with van der Waals surface area (Å²) in [6.45, 7) is 4.50. The smallest absolute Gasteiger partial charge is 0.223 e. The van der Waals surface area contributed by atoms with Crippen LogP contribution in [0, 0.1) is 5.92 Å². The zero-order valence-electron chi connectivity index (χ0n) is 14.2. The molecule has 3 rings (SSSR count). The Kier molecular flexibility index (Phi) is 5.47. The molecule has 1 aliphatic heterocycles. The number of hydrogen-bond donors (Lipinski definition) is 1. The number of hydrogen-bond acceptors (Lipinski definition) is 3. The van der Waals surface area contributed by atoms with Crippen molar-refractivity contribution in [2.24, 2.45) is 5.92 Å². The molecule has 1 atom stereocenters. The van der Waals surface area contributed by atoms with Gasteiger partial charge in [0.2, 0.25) is 5.91 Å². The highest BCUT2D eigenvalue weighted by molar-refractivity contribution is 5.78. The van der Waals surface area contributed by atoms with Crippen molar-refractivity contribution in [1.29, 1.82) is 0 Å². The van der Waals surface area contributed by atoms with Gasteiger partial charge in [0.1, 0.15) is 5.82 Å². The Balaban J connectivity index is 1.52. The molecule has 1 aromatic carbocycles. The van der Waals surface area contributed by atoms with Gasteiger partial charge in [-0.1, -0.05) is 49.7 Å². The van der Waals surface area contributed by atoms with Crippen LogP contribution in [0.2, 0.25) is 0 Å². The van der Waals surface area contributed by atoms with Gasteiger partial charge >= 0.3 is 0 Å². The molecule has 1 fully saturated rings. The Morgan fingerprint density at radius 2 is 2.00 bits per heavy atom. The number of amides is 1. The summed E-state index contributed by atoms with van der Waals surface area (Å²) < 4.78 is 0. The average Bonchev–Trinajstić information content (AvgIpc) is 2.95. The van der Waals surface area contributed by atoms with E-state index in [1.54, 1.807) is 0 Å². The molecule has 4 nitrogen and oxygen atoms in total. The maximum Gasteiger partial charge on any atom is 0.223 e. The largest absolute Gasteiger partial charge is 0.366 e. The normalized spacial score (nSPS) is 17.3. The number of carbonyl (C=O) groups excluding carboxylic acids is 1. The van der Waals surface area contributed by atoms with E-state index in [9.17, 15) is 4.79 Å². The van der Waals surface area contributed by atoms with Gasteiger partial charge in [0, 0.05) is 32.3 Å². The molecule has 1 aliphatic rings. The topological polar surface area (TPSA) is 45.2 Å². The van der Waals surface area contributed by atoms with Gasteiger partial charge in [0.15, 0.2) is 0 Å². The van der Waals surface area contributed by atoms with E-state index in [2.05, 4.69) is 35.4 Å². The monoisotopic (exact) mass is 323 g/mol. The van der Waals surface area contributed by atoms with E-state index in [-0.39, 0.29) is 5.91 Å². The lowest BCUT2D eigenvalue weighted by Gasteiger charge is -2.16. The third-order valence-corrected chi connectivity index (χ3v) is 4.51. The summed E-state index contributed by atoms with van der Waals surface area (Å²) in [7, 11) is 0. The molecule has 0 aliphatic carbocycles. The Bertz CT molecular complexity index is 654. The van der Waals surface area contributed by atoms with E-state index >= 15 is 0 Å². The second-order valence-corrected chi connectivity index (χ2v) is 6.52. The highest BCUT2D eigenvalue weighted by atomic mass is 16.2. The molecule has 0 saturated carbocycles. The number of carbonyl (C=O) groups is 1. The second-order valence-electron chi connectivity index (χ2n) is 6.52. The van der Waals surface area contributed by atoms with Crippen LogP contribution >= 0.6 is 0 Å². The van der Waals surface area contributed by atoms with Gasteiger partial charge in [-0.05, 0) is 29.5 Å². The first-order valence-electron chi connectivity index (χ1n) is 8.75. The van der Waals surface area contributed by atoms with Crippen LogP contribution in [0.15, 0.2) is 48.7 Å². The molecule has 2 heterocycles. The van der Waals surface area contributed by atoms with Gasteiger partial charge in [-0.3, -0.25) is 4.79 Å². The van der Waals surface area contributed by atoms with E-state index < -0.39 is 0 Å². The molecule has 2 aromatic rings. The first-order valence-corrected chi connectivity index (χ1v) is 8.75. The van der Waals surface area contributed by atoms with Crippen molar-refractivity contribution in [2.75, 3.05) is 11.9 Å². The highest BCUT2D eigenvalue weighted by Crippen LogP contribution is 2.23. The lowest BCUT2D eigenvalue weighted by atomic mass is 10.0. The fourth-order valence-electron chi connectivity index (χ4n) is 3.24. The minimum Gasteiger partial charge on any atom is -0.366 e. The number of nitrogens with zero attached hydrogens (tertiary/aromatic N) is 2. The molecule has 1 unspecified atom stereocenters. The lowest BCUT2D eigenvalue weighted by molar-refractivity contribution is -0.128. The standard InChI is InChI=1S/C20H25N3O/c1-2-6-17-11-20(24)23(14-17)15-18-9-10-19(22-13-18)21-12-16-7-4-3-5-8-16/h3-5,7-10,13,17H,2,6,11-12,14-15H2,1H3,(H,21,22). The quantitative estimate of drug-likeness (QED) is 0.842. The van der Waals surface area contributed by atoms with Gasteiger partial charge in [0.25, 0.3) is 0 Å². The summed E-state index contributed by atoms with van der Waals surface area (Å²) in [6, 6.07) is 14.3. The molecule has 1 aromatic heterocycles. The summed E-state index contributed by atoms with van der Waals surface area (Å²) in [5.74, 6) is 1.67. The van der Waals surface area contributed by atoms with Gasteiger partial charge < -0.3 is 10.2 Å². The summed E-state index contributed by atoms with van der Waals surface area (Å²) >= 11 is 0. The Hall–Kier alpha value is -2.36. The van der Waals surface area contributed by atoms with Gasteiger partial charge in [0.05, 0.1) is 0 Å². The van der Waals surface area contributed by atoms with Gasteiger partial charge in [-0.15, -0.1) is 0 Å². The van der Waals surface area contributed by atoms with E-state index in [0.717, 1.165) is 37.3 Å².